The first-order valence-corrected chi connectivity index (χ1v) is 6.87. The molecule has 2 N–H and O–H groups in total. The first-order chi connectivity index (χ1) is 8.67. The summed E-state index contributed by atoms with van der Waals surface area (Å²) in [6.07, 6.45) is 3.80. The number of unbranched alkanes of at least 4 members (excludes halogenated alkanes) is 2. The molecule has 0 aliphatic heterocycles. The lowest BCUT2D eigenvalue weighted by atomic mass is 10.1. The molecule has 1 aromatic carbocycles. The second-order valence-electron chi connectivity index (χ2n) is 4.75. The number of anilines is 1. The Kier molecular flexibility index (Phi) is 6.58. The maximum Gasteiger partial charge on any atom is 0.123 e. The van der Waals surface area contributed by atoms with E-state index in [4.69, 9.17) is 10.5 Å². The lowest BCUT2D eigenvalue weighted by Crippen LogP contribution is -2.19. The SMILES string of the molecule is CCCCCN(C)Cc1cc(N)ccc1OCC. The number of nitrogens with zero attached hydrogens (tertiary/aromatic N) is 1. The fourth-order valence-electron chi connectivity index (χ4n) is 2.02. The summed E-state index contributed by atoms with van der Waals surface area (Å²) in [5.74, 6) is 0.953. The van der Waals surface area contributed by atoms with E-state index >= 15 is 0 Å². The van der Waals surface area contributed by atoms with Crippen molar-refractivity contribution in [3.05, 3.63) is 23.8 Å². The van der Waals surface area contributed by atoms with Crippen LogP contribution in [0.2, 0.25) is 0 Å². The molecule has 0 atom stereocenters. The van der Waals surface area contributed by atoms with Crippen LogP contribution >= 0.6 is 0 Å². The molecule has 0 aliphatic carbocycles. The molecule has 0 radical (unpaired) electrons. The molecule has 0 amide bonds. The molecule has 0 saturated heterocycles. The van der Waals surface area contributed by atoms with E-state index in [1.807, 2.05) is 25.1 Å². The second kappa shape index (κ2) is 7.98. The lowest BCUT2D eigenvalue weighted by Gasteiger charge is -2.19. The van der Waals surface area contributed by atoms with Gasteiger partial charge in [-0.05, 0) is 45.1 Å². The molecule has 0 aromatic heterocycles. The summed E-state index contributed by atoms with van der Waals surface area (Å²) in [6, 6.07) is 5.88. The van der Waals surface area contributed by atoms with Crippen molar-refractivity contribution in [3.63, 3.8) is 0 Å². The number of hydrogen-bond donors (Lipinski definition) is 1. The second-order valence-corrected chi connectivity index (χ2v) is 4.75. The van der Waals surface area contributed by atoms with Gasteiger partial charge in [0.1, 0.15) is 5.75 Å². The van der Waals surface area contributed by atoms with Crippen molar-refractivity contribution in [1.29, 1.82) is 0 Å². The van der Waals surface area contributed by atoms with Crippen LogP contribution in [0.4, 0.5) is 5.69 Å². The molecule has 3 heteroatoms. The van der Waals surface area contributed by atoms with Gasteiger partial charge in [0.05, 0.1) is 6.61 Å². The zero-order valence-corrected chi connectivity index (χ0v) is 11.9. The fraction of sp³-hybridized carbons (Fsp3) is 0.600. The molecule has 0 heterocycles. The highest BCUT2D eigenvalue weighted by Crippen LogP contribution is 2.22. The third-order valence-corrected chi connectivity index (χ3v) is 2.97. The summed E-state index contributed by atoms with van der Waals surface area (Å²) in [6.45, 7) is 6.94. The average molecular weight is 250 g/mol. The molecule has 0 bridgehead atoms. The van der Waals surface area contributed by atoms with Crippen molar-refractivity contribution >= 4 is 5.69 Å². The average Bonchev–Trinajstić information content (AvgIpc) is 2.33. The molecule has 0 saturated carbocycles. The van der Waals surface area contributed by atoms with Gasteiger partial charge in [0, 0.05) is 17.8 Å². The number of hydrogen-bond acceptors (Lipinski definition) is 3. The molecule has 0 aliphatic rings. The van der Waals surface area contributed by atoms with Crippen molar-refractivity contribution in [1.82, 2.24) is 4.90 Å². The Hall–Kier alpha value is -1.22. The molecule has 0 unspecified atom stereocenters. The topological polar surface area (TPSA) is 38.5 Å². The van der Waals surface area contributed by atoms with Crippen molar-refractivity contribution in [3.8, 4) is 5.75 Å². The minimum Gasteiger partial charge on any atom is -0.494 e. The monoisotopic (exact) mass is 250 g/mol. The molecule has 102 valence electrons. The van der Waals surface area contributed by atoms with Crippen LogP contribution in [0.3, 0.4) is 0 Å². The van der Waals surface area contributed by atoms with Gasteiger partial charge in [-0.15, -0.1) is 0 Å². The molecule has 0 fully saturated rings. The van der Waals surface area contributed by atoms with Crippen LogP contribution in [0.1, 0.15) is 38.7 Å². The van der Waals surface area contributed by atoms with E-state index < -0.39 is 0 Å². The fourth-order valence-corrected chi connectivity index (χ4v) is 2.02. The predicted molar refractivity (Wildman–Crippen MR) is 77.9 cm³/mol. The standard InChI is InChI=1S/C15H26N2O/c1-4-6-7-10-17(3)12-13-11-14(16)8-9-15(13)18-5-2/h8-9,11H,4-7,10,12,16H2,1-3H3. The Morgan fingerprint density at radius 2 is 2.00 bits per heavy atom. The molecular weight excluding hydrogens is 224 g/mol. The lowest BCUT2D eigenvalue weighted by molar-refractivity contribution is 0.298. The summed E-state index contributed by atoms with van der Waals surface area (Å²) < 4.78 is 5.64. The van der Waals surface area contributed by atoms with Crippen LogP contribution in [-0.2, 0) is 6.54 Å². The Labute approximate surface area is 111 Å². The van der Waals surface area contributed by atoms with Crippen LogP contribution in [-0.4, -0.2) is 25.1 Å². The quantitative estimate of drug-likeness (QED) is 0.568. The minimum absolute atomic E-state index is 0.691. The van der Waals surface area contributed by atoms with Crippen LogP contribution < -0.4 is 10.5 Å². The zero-order chi connectivity index (χ0) is 13.4. The number of nitrogens with two attached hydrogens (primary N) is 1. The molecule has 1 aromatic rings. The van der Waals surface area contributed by atoms with Gasteiger partial charge in [0.25, 0.3) is 0 Å². The number of rotatable bonds is 8. The van der Waals surface area contributed by atoms with E-state index in [-0.39, 0.29) is 0 Å². The van der Waals surface area contributed by atoms with E-state index in [1.165, 1.54) is 24.8 Å². The van der Waals surface area contributed by atoms with E-state index in [9.17, 15) is 0 Å². The van der Waals surface area contributed by atoms with Crippen LogP contribution in [0, 0.1) is 0 Å². The third kappa shape index (κ3) is 4.96. The molecule has 0 spiro atoms. The van der Waals surface area contributed by atoms with Crippen LogP contribution in [0.5, 0.6) is 5.75 Å². The zero-order valence-electron chi connectivity index (χ0n) is 11.9. The third-order valence-electron chi connectivity index (χ3n) is 2.97. The molecule has 1 rings (SSSR count). The van der Waals surface area contributed by atoms with Crippen molar-refractivity contribution in [2.24, 2.45) is 0 Å². The largest absolute Gasteiger partial charge is 0.494 e. The Morgan fingerprint density at radius 3 is 2.67 bits per heavy atom. The van der Waals surface area contributed by atoms with E-state index in [2.05, 4.69) is 18.9 Å². The van der Waals surface area contributed by atoms with Gasteiger partial charge in [0.2, 0.25) is 0 Å². The normalized spacial score (nSPS) is 10.9. The van der Waals surface area contributed by atoms with Crippen molar-refractivity contribution < 1.29 is 4.74 Å². The van der Waals surface area contributed by atoms with Crippen LogP contribution in [0.15, 0.2) is 18.2 Å². The molecule has 3 nitrogen and oxygen atoms in total. The minimum atomic E-state index is 0.691. The number of benzene rings is 1. The first kappa shape index (κ1) is 14.8. The maximum absolute atomic E-state index is 5.85. The molecular formula is C15H26N2O. The van der Waals surface area contributed by atoms with Gasteiger partial charge in [-0.1, -0.05) is 19.8 Å². The van der Waals surface area contributed by atoms with Gasteiger partial charge in [0.15, 0.2) is 0 Å². The number of ether oxygens (including phenoxy) is 1. The highest BCUT2D eigenvalue weighted by molar-refractivity contribution is 5.47. The highest BCUT2D eigenvalue weighted by atomic mass is 16.5. The smallest absolute Gasteiger partial charge is 0.123 e. The van der Waals surface area contributed by atoms with Crippen LogP contribution in [0.25, 0.3) is 0 Å². The summed E-state index contributed by atoms with van der Waals surface area (Å²) in [5, 5.41) is 0. The molecule has 18 heavy (non-hydrogen) atoms. The predicted octanol–water partition coefficient (Wildman–Crippen LogP) is 3.29. The highest BCUT2D eigenvalue weighted by Gasteiger charge is 2.07. The van der Waals surface area contributed by atoms with Gasteiger partial charge in [-0.25, -0.2) is 0 Å². The van der Waals surface area contributed by atoms with Gasteiger partial charge in [-0.2, -0.15) is 0 Å². The Morgan fingerprint density at radius 1 is 1.22 bits per heavy atom. The summed E-state index contributed by atoms with van der Waals surface area (Å²) in [7, 11) is 2.15. The first-order valence-electron chi connectivity index (χ1n) is 6.87. The van der Waals surface area contributed by atoms with E-state index in [0.717, 1.165) is 24.5 Å². The Balaban J connectivity index is 2.60. The van der Waals surface area contributed by atoms with Gasteiger partial charge in [-0.3, -0.25) is 0 Å². The van der Waals surface area contributed by atoms with Gasteiger partial charge < -0.3 is 15.4 Å². The summed E-state index contributed by atoms with van der Waals surface area (Å²) >= 11 is 0. The van der Waals surface area contributed by atoms with Gasteiger partial charge >= 0.3 is 0 Å². The van der Waals surface area contributed by atoms with Crippen molar-refractivity contribution in [2.45, 2.75) is 39.7 Å². The van der Waals surface area contributed by atoms with E-state index in [1.54, 1.807) is 0 Å². The maximum atomic E-state index is 5.85. The summed E-state index contributed by atoms with van der Waals surface area (Å²) in [5.41, 5.74) is 7.82. The summed E-state index contributed by atoms with van der Waals surface area (Å²) in [4.78, 5) is 2.33. The number of nitrogen functional groups attached to an aromatic ring is 1. The van der Waals surface area contributed by atoms with Crippen molar-refractivity contribution in [2.75, 3.05) is 25.9 Å². The van der Waals surface area contributed by atoms with E-state index in [0.29, 0.717) is 6.61 Å². The Bertz CT molecular complexity index is 352.